The zero-order chi connectivity index (χ0) is 7.44. The fourth-order valence-corrected chi connectivity index (χ4v) is 0.275. The van der Waals surface area contributed by atoms with Gasteiger partial charge in [0.05, 0.1) is 6.42 Å². The molecule has 0 aliphatic rings. The van der Waals surface area contributed by atoms with Crippen LogP contribution in [0.5, 0.6) is 0 Å². The molecule has 0 aliphatic heterocycles. The lowest BCUT2D eigenvalue weighted by molar-refractivity contribution is -0.144. The van der Waals surface area contributed by atoms with Gasteiger partial charge in [-0.15, -0.1) is 0 Å². The maximum Gasteiger partial charge on any atom is 0.321 e. The summed E-state index contributed by atoms with van der Waals surface area (Å²) in [6, 6.07) is -1.29. The van der Waals surface area contributed by atoms with Crippen molar-refractivity contribution in [1.82, 2.24) is 0 Å². The van der Waals surface area contributed by atoms with Crippen molar-refractivity contribution < 1.29 is 19.8 Å². The monoisotopic (exact) mass is 134 g/mol. The molecule has 5 heteroatoms. The van der Waals surface area contributed by atoms with Crippen molar-refractivity contribution in [2.24, 2.45) is 5.73 Å². The van der Waals surface area contributed by atoms with E-state index in [1.165, 1.54) is 0 Å². The molecule has 0 aromatic rings. The van der Waals surface area contributed by atoms with E-state index in [9.17, 15) is 9.59 Å². The van der Waals surface area contributed by atoms with E-state index in [0.717, 1.165) is 0 Å². The van der Waals surface area contributed by atoms with E-state index >= 15 is 0 Å². The highest BCUT2D eigenvalue weighted by Crippen LogP contribution is 1.86. The molecule has 52 valence electrons. The Hall–Kier alpha value is -1.10. The summed E-state index contributed by atoms with van der Waals surface area (Å²) in [4.78, 5) is 19.6. The number of carbonyl (C=O) groups is 2. The van der Waals surface area contributed by atoms with Crippen molar-refractivity contribution in [1.29, 1.82) is 0 Å². The molecule has 1 unspecified atom stereocenters. The summed E-state index contributed by atoms with van der Waals surface area (Å²) in [5.74, 6) is -2.50. The van der Waals surface area contributed by atoms with Gasteiger partial charge in [0.1, 0.15) is 6.04 Å². The van der Waals surface area contributed by atoms with Gasteiger partial charge in [-0.05, 0) is 0 Å². The number of nitrogens with two attached hydrogens (primary N) is 1. The molecule has 0 amide bonds. The summed E-state index contributed by atoms with van der Waals surface area (Å²) >= 11 is 0. The van der Waals surface area contributed by atoms with Crippen LogP contribution < -0.4 is 5.73 Å². The van der Waals surface area contributed by atoms with Gasteiger partial charge in [0.25, 0.3) is 0 Å². The zero-order valence-corrected chi connectivity index (χ0v) is 4.57. The predicted octanol–water partition coefficient (Wildman–Crippen LogP) is -1.13. The maximum absolute atomic E-state index is 9.85. The fraction of sp³-hybridized carbons (Fsp3) is 0.500. The van der Waals surface area contributed by atoms with Crippen LogP contribution in [0.1, 0.15) is 6.42 Å². The van der Waals surface area contributed by atoms with Crippen LogP contribution in [0, 0.1) is 0 Å². The minimum atomic E-state index is -1.29. The fourth-order valence-electron chi connectivity index (χ4n) is 0.275. The molecule has 0 rings (SSSR count). The molecule has 0 saturated heterocycles. The van der Waals surface area contributed by atoms with E-state index in [-0.39, 0.29) is 0 Å². The molecule has 0 radical (unpaired) electrons. The van der Waals surface area contributed by atoms with Crippen LogP contribution in [0.25, 0.3) is 0 Å². The van der Waals surface area contributed by atoms with Gasteiger partial charge in [0, 0.05) is 0 Å². The Morgan fingerprint density at radius 2 is 1.89 bits per heavy atom. The number of hydrogen-bond acceptors (Lipinski definition) is 3. The van der Waals surface area contributed by atoms with Gasteiger partial charge in [-0.2, -0.15) is 0 Å². The number of rotatable bonds is 3. The summed E-state index contributed by atoms with van der Waals surface area (Å²) in [5, 5.41) is 16.0. The molecule has 0 bridgehead atoms. The Kier molecular flexibility index (Phi) is 2.66. The topological polar surface area (TPSA) is 101 Å². The van der Waals surface area contributed by atoms with Gasteiger partial charge in [-0.3, -0.25) is 9.59 Å². The Bertz CT molecular complexity index is 133. The first-order valence-electron chi connectivity index (χ1n) is 2.24. The number of carboxylic acids is 2. The van der Waals surface area contributed by atoms with Crippen LogP contribution in [0.4, 0.5) is 0 Å². The van der Waals surface area contributed by atoms with E-state index in [1.807, 2.05) is 0 Å². The van der Waals surface area contributed by atoms with Gasteiger partial charge in [0.15, 0.2) is 0 Å². The standard InChI is InChI=1S/C4H7NO4/c5-2(4(8)9)1-3(6)7/h2H,1,5H2,(H,6,7)(H,8,9)/i3+1. The van der Waals surface area contributed by atoms with E-state index in [0.29, 0.717) is 0 Å². The van der Waals surface area contributed by atoms with Gasteiger partial charge in [0.2, 0.25) is 0 Å². The summed E-state index contributed by atoms with van der Waals surface area (Å²) in [5.41, 5.74) is 4.84. The second kappa shape index (κ2) is 3.03. The predicted molar refractivity (Wildman–Crippen MR) is 27.9 cm³/mol. The van der Waals surface area contributed by atoms with Crippen molar-refractivity contribution in [2.45, 2.75) is 12.5 Å². The first-order valence-corrected chi connectivity index (χ1v) is 2.24. The van der Waals surface area contributed by atoms with Crippen LogP contribution in [0.3, 0.4) is 0 Å². The van der Waals surface area contributed by atoms with E-state index in [4.69, 9.17) is 15.9 Å². The smallest absolute Gasteiger partial charge is 0.321 e. The van der Waals surface area contributed by atoms with Gasteiger partial charge >= 0.3 is 11.9 Å². The second-order valence-corrected chi connectivity index (χ2v) is 1.54. The molecule has 0 aromatic heterocycles. The van der Waals surface area contributed by atoms with Crippen LogP contribution >= 0.6 is 0 Å². The second-order valence-electron chi connectivity index (χ2n) is 1.54. The summed E-state index contributed by atoms with van der Waals surface area (Å²) in [6.45, 7) is 0. The highest BCUT2D eigenvalue weighted by atomic mass is 16.5. The average molecular weight is 134 g/mol. The number of carboxylic acid groups (broad SMARTS) is 2. The van der Waals surface area contributed by atoms with Crippen LogP contribution in [0.15, 0.2) is 0 Å². The molecule has 5 nitrogen and oxygen atoms in total. The van der Waals surface area contributed by atoms with E-state index in [1.54, 1.807) is 0 Å². The molecule has 0 aliphatic carbocycles. The third kappa shape index (κ3) is 3.48. The maximum atomic E-state index is 9.85. The summed E-state index contributed by atoms with van der Waals surface area (Å²) in [6.07, 6.45) is -0.532. The van der Waals surface area contributed by atoms with Crippen molar-refractivity contribution >= 4 is 11.9 Å². The number of hydrogen-bond donors (Lipinski definition) is 3. The molecule has 4 N–H and O–H groups in total. The van der Waals surface area contributed by atoms with Gasteiger partial charge in [-0.1, -0.05) is 0 Å². The largest absolute Gasteiger partial charge is 0.481 e. The Morgan fingerprint density at radius 1 is 1.44 bits per heavy atom. The minimum absolute atomic E-state index is 0.532. The van der Waals surface area contributed by atoms with E-state index < -0.39 is 24.4 Å². The van der Waals surface area contributed by atoms with Gasteiger partial charge < -0.3 is 15.9 Å². The highest BCUT2D eigenvalue weighted by molar-refractivity contribution is 5.80. The first kappa shape index (κ1) is 7.90. The minimum Gasteiger partial charge on any atom is -0.481 e. The first-order chi connectivity index (χ1) is 4.04. The van der Waals surface area contributed by atoms with Crippen molar-refractivity contribution in [2.75, 3.05) is 0 Å². The molecular weight excluding hydrogens is 127 g/mol. The molecule has 9 heavy (non-hydrogen) atoms. The Balaban J connectivity index is 3.63. The summed E-state index contributed by atoms with van der Waals surface area (Å²) < 4.78 is 0. The SMILES string of the molecule is NC(C[13C](=O)O)C(=O)O. The molecule has 0 fully saturated rings. The van der Waals surface area contributed by atoms with Crippen LogP contribution in [-0.4, -0.2) is 28.2 Å². The molecule has 0 heterocycles. The number of aliphatic carboxylic acids is 2. The molecule has 0 saturated carbocycles. The zero-order valence-electron chi connectivity index (χ0n) is 4.57. The lowest BCUT2D eigenvalue weighted by atomic mass is 10.3. The van der Waals surface area contributed by atoms with Crippen LogP contribution in [0.2, 0.25) is 0 Å². The van der Waals surface area contributed by atoms with E-state index in [2.05, 4.69) is 0 Å². The molecule has 0 aromatic carbocycles. The highest BCUT2D eigenvalue weighted by Gasteiger charge is 2.14. The molecule has 0 spiro atoms. The summed E-state index contributed by atoms with van der Waals surface area (Å²) in [7, 11) is 0. The lowest BCUT2D eigenvalue weighted by Crippen LogP contribution is -2.32. The third-order valence-corrected chi connectivity index (χ3v) is 0.712. The van der Waals surface area contributed by atoms with Crippen molar-refractivity contribution in [3.63, 3.8) is 0 Å². The molecule has 1 atom stereocenters. The van der Waals surface area contributed by atoms with Crippen LogP contribution in [-0.2, 0) is 9.59 Å². The third-order valence-electron chi connectivity index (χ3n) is 0.712. The normalized spacial score (nSPS) is 12.6. The quantitative estimate of drug-likeness (QED) is 0.424. The van der Waals surface area contributed by atoms with Crippen molar-refractivity contribution in [3.8, 4) is 0 Å². The van der Waals surface area contributed by atoms with Gasteiger partial charge in [-0.25, -0.2) is 0 Å². The molecular formula is C4H7NO4. The lowest BCUT2D eigenvalue weighted by Gasteiger charge is -1.99. The van der Waals surface area contributed by atoms with Crippen molar-refractivity contribution in [3.05, 3.63) is 0 Å². The Labute approximate surface area is 51.1 Å². The average Bonchev–Trinajstić information content (AvgIpc) is 1.63. The Morgan fingerprint density at radius 3 is 2.00 bits per heavy atom.